The van der Waals surface area contributed by atoms with Crippen LogP contribution in [0, 0.1) is 12.8 Å². The van der Waals surface area contributed by atoms with Gasteiger partial charge in [0.2, 0.25) is 10.0 Å². The molecule has 1 aliphatic carbocycles. The second-order valence-electron chi connectivity index (χ2n) is 9.43. The molecule has 0 aromatic heterocycles. The summed E-state index contributed by atoms with van der Waals surface area (Å²) in [6, 6.07) is 11.3. The quantitative estimate of drug-likeness (QED) is 0.375. The number of sulfonamides is 1. The summed E-state index contributed by atoms with van der Waals surface area (Å²) >= 11 is 1.49. The van der Waals surface area contributed by atoms with E-state index in [-0.39, 0.29) is 36.6 Å². The predicted octanol–water partition coefficient (Wildman–Crippen LogP) is 0.267. The first kappa shape index (κ1) is 31.5. The number of benzene rings is 2. The largest absolute Gasteiger partial charge is 1.00 e. The monoisotopic (exact) mass is 538 g/mol. The van der Waals surface area contributed by atoms with Gasteiger partial charge in [0.25, 0.3) is 5.91 Å². The summed E-state index contributed by atoms with van der Waals surface area (Å²) in [5.74, 6) is -1.12. The number of amides is 1. The number of carbonyl (C=O) groups is 2. The Morgan fingerprint density at radius 3 is 2.43 bits per heavy atom. The van der Waals surface area contributed by atoms with Crippen LogP contribution in [-0.2, 0) is 20.6 Å². The average Bonchev–Trinajstić information content (AvgIpc) is 2.85. The van der Waals surface area contributed by atoms with Gasteiger partial charge in [-0.2, -0.15) is 11.8 Å². The first-order valence-corrected chi connectivity index (χ1v) is 15.4. The van der Waals surface area contributed by atoms with Crippen molar-refractivity contribution in [3.8, 4) is 11.1 Å². The standard InChI is InChI=1S/C27H36N2O5S2.Li/c1-19-8-6-7-11-22(19)24-16-21(18-36(33,34)28-17-20-9-4-3-5-10-20)12-13-23(24)26(30)29-25(27(31)32)14-15-35-2;/h6-8,11-13,16,20,25,28H,3-5,9-10,14-15,17-18H2,1-2H3,(H,29,30)(H,31,32);/q;+1/p-1/t25-;/m0./s1. The Morgan fingerprint density at radius 1 is 1.08 bits per heavy atom. The van der Waals surface area contributed by atoms with Crippen molar-refractivity contribution in [3.63, 3.8) is 0 Å². The number of aryl methyl sites for hydroxylation is 1. The van der Waals surface area contributed by atoms with Crippen molar-refractivity contribution in [2.75, 3.05) is 18.6 Å². The molecule has 1 atom stereocenters. The Kier molecular flexibility index (Phi) is 12.7. The van der Waals surface area contributed by atoms with Crippen LogP contribution in [0.3, 0.4) is 0 Å². The SMILES string of the molecule is CSCC[C@H](NC(=O)c1ccc(CS(=O)(=O)NCC2CCCCC2)cc1-c1ccccc1C)C(=O)[O-].[Li+]. The van der Waals surface area contributed by atoms with Crippen LogP contribution in [0.1, 0.15) is 60.0 Å². The second-order valence-corrected chi connectivity index (χ2v) is 12.2. The molecule has 0 unspecified atom stereocenters. The van der Waals surface area contributed by atoms with E-state index in [2.05, 4.69) is 10.0 Å². The number of carbonyl (C=O) groups excluding carboxylic acids is 2. The Bertz CT molecular complexity index is 1170. The fraction of sp³-hybridized carbons (Fsp3) is 0.481. The summed E-state index contributed by atoms with van der Waals surface area (Å²) in [6.45, 7) is 2.36. The minimum Gasteiger partial charge on any atom is -0.548 e. The van der Waals surface area contributed by atoms with Crippen LogP contribution in [0.2, 0.25) is 0 Å². The molecule has 2 aromatic carbocycles. The van der Waals surface area contributed by atoms with E-state index in [1.54, 1.807) is 18.2 Å². The van der Waals surface area contributed by atoms with Crippen molar-refractivity contribution in [2.45, 2.75) is 57.2 Å². The Balaban J connectivity index is 0.00000481. The number of hydrogen-bond donors (Lipinski definition) is 2. The molecule has 2 N–H and O–H groups in total. The number of aliphatic carboxylic acids is 1. The van der Waals surface area contributed by atoms with E-state index in [1.165, 1.54) is 18.2 Å². The fourth-order valence-corrected chi connectivity index (χ4v) is 6.29. The van der Waals surface area contributed by atoms with Gasteiger partial charge in [-0.15, -0.1) is 0 Å². The van der Waals surface area contributed by atoms with Crippen LogP contribution in [0.15, 0.2) is 42.5 Å². The van der Waals surface area contributed by atoms with Crippen molar-refractivity contribution in [1.29, 1.82) is 0 Å². The first-order chi connectivity index (χ1) is 17.2. The van der Waals surface area contributed by atoms with Gasteiger partial charge < -0.3 is 15.2 Å². The molecule has 0 heterocycles. The van der Waals surface area contributed by atoms with E-state index >= 15 is 0 Å². The predicted molar refractivity (Wildman–Crippen MR) is 143 cm³/mol. The Hall–Kier alpha value is -1.76. The van der Waals surface area contributed by atoms with Gasteiger partial charge in [0.15, 0.2) is 0 Å². The number of hydrogen-bond acceptors (Lipinski definition) is 6. The third-order valence-corrected chi connectivity index (χ3v) is 8.60. The molecule has 1 amide bonds. The summed E-state index contributed by atoms with van der Waals surface area (Å²) in [4.78, 5) is 24.7. The molecule has 196 valence electrons. The van der Waals surface area contributed by atoms with Crippen LogP contribution >= 0.6 is 11.8 Å². The van der Waals surface area contributed by atoms with Crippen molar-refractivity contribution in [3.05, 3.63) is 59.2 Å². The van der Waals surface area contributed by atoms with Gasteiger partial charge in [0, 0.05) is 12.1 Å². The summed E-state index contributed by atoms with van der Waals surface area (Å²) < 4.78 is 28.4. The van der Waals surface area contributed by atoms with Gasteiger partial charge in [-0.1, -0.05) is 49.6 Å². The maximum absolute atomic E-state index is 13.2. The van der Waals surface area contributed by atoms with Crippen molar-refractivity contribution < 1.29 is 42.0 Å². The molecule has 0 saturated heterocycles. The molecule has 0 aliphatic heterocycles. The van der Waals surface area contributed by atoms with Crippen molar-refractivity contribution >= 4 is 33.7 Å². The maximum atomic E-state index is 13.2. The molecule has 0 bridgehead atoms. The van der Waals surface area contributed by atoms with Crippen LogP contribution in [0.25, 0.3) is 11.1 Å². The molecule has 1 fully saturated rings. The molecular formula is C27H35LiN2O5S2. The van der Waals surface area contributed by atoms with Crippen LogP contribution < -0.4 is 34.0 Å². The number of thioether (sulfide) groups is 1. The van der Waals surface area contributed by atoms with Crippen LogP contribution in [0.5, 0.6) is 0 Å². The molecule has 3 rings (SSSR count). The topological polar surface area (TPSA) is 115 Å². The van der Waals surface area contributed by atoms with Gasteiger partial charge in [-0.05, 0) is 78.5 Å². The molecule has 37 heavy (non-hydrogen) atoms. The molecule has 2 aromatic rings. The number of carboxylic acids is 1. The summed E-state index contributed by atoms with van der Waals surface area (Å²) in [5, 5.41) is 14.1. The van der Waals surface area contributed by atoms with E-state index in [9.17, 15) is 23.1 Å². The maximum Gasteiger partial charge on any atom is 1.00 e. The van der Waals surface area contributed by atoms with E-state index in [0.29, 0.717) is 29.3 Å². The Labute approximate surface area is 236 Å². The number of carboxylic acid groups (broad SMARTS) is 1. The molecule has 10 heteroatoms. The third kappa shape index (κ3) is 9.49. The molecule has 0 radical (unpaired) electrons. The average molecular weight is 539 g/mol. The normalized spacial score (nSPS) is 15.0. The van der Waals surface area contributed by atoms with Crippen molar-refractivity contribution in [2.24, 2.45) is 5.92 Å². The minimum absolute atomic E-state index is 0. The molecule has 7 nitrogen and oxygen atoms in total. The first-order valence-electron chi connectivity index (χ1n) is 12.4. The zero-order valence-corrected chi connectivity index (χ0v) is 23.6. The van der Waals surface area contributed by atoms with Gasteiger partial charge >= 0.3 is 18.9 Å². The molecule has 0 spiro atoms. The zero-order chi connectivity index (χ0) is 26.1. The van der Waals surface area contributed by atoms with Gasteiger partial charge in [0.05, 0.1) is 17.8 Å². The van der Waals surface area contributed by atoms with E-state index in [1.807, 2.05) is 37.4 Å². The van der Waals surface area contributed by atoms with E-state index < -0.39 is 27.9 Å². The van der Waals surface area contributed by atoms with Gasteiger partial charge in [-0.3, -0.25) is 4.79 Å². The van der Waals surface area contributed by atoms with Gasteiger partial charge in [-0.25, -0.2) is 13.1 Å². The minimum atomic E-state index is -3.56. The molecular weight excluding hydrogens is 503 g/mol. The summed E-state index contributed by atoms with van der Waals surface area (Å²) in [7, 11) is -3.56. The summed E-state index contributed by atoms with van der Waals surface area (Å²) in [5.41, 5.74) is 3.11. The zero-order valence-electron chi connectivity index (χ0n) is 21.9. The Morgan fingerprint density at radius 2 is 1.78 bits per heavy atom. The fourth-order valence-electron chi connectivity index (χ4n) is 4.60. The molecule has 1 aliphatic rings. The smallest absolute Gasteiger partial charge is 0.548 e. The number of rotatable bonds is 12. The molecule has 1 saturated carbocycles. The number of nitrogens with one attached hydrogen (secondary N) is 2. The van der Waals surface area contributed by atoms with Gasteiger partial charge in [0.1, 0.15) is 0 Å². The summed E-state index contributed by atoms with van der Waals surface area (Å²) in [6.07, 6.45) is 7.71. The van der Waals surface area contributed by atoms with Crippen molar-refractivity contribution in [1.82, 2.24) is 10.0 Å². The van der Waals surface area contributed by atoms with E-state index in [0.717, 1.165) is 36.8 Å². The second kappa shape index (κ2) is 15.0. The van der Waals surface area contributed by atoms with Crippen LogP contribution in [-0.4, -0.2) is 44.9 Å². The van der Waals surface area contributed by atoms with Crippen LogP contribution in [0.4, 0.5) is 0 Å². The van der Waals surface area contributed by atoms with E-state index in [4.69, 9.17) is 0 Å². The third-order valence-electron chi connectivity index (χ3n) is 6.64.